The van der Waals surface area contributed by atoms with E-state index in [0.29, 0.717) is 15.6 Å². The number of halogens is 2. The van der Waals surface area contributed by atoms with E-state index < -0.39 is 0 Å². The molecule has 0 radical (unpaired) electrons. The first-order chi connectivity index (χ1) is 8.61. The Bertz CT molecular complexity index is 630. The Morgan fingerprint density at radius 2 is 1.83 bits per heavy atom. The first kappa shape index (κ1) is 12.8. The lowest BCUT2D eigenvalue weighted by atomic mass is 10.1. The van der Waals surface area contributed by atoms with Crippen LogP contribution >= 0.6 is 23.2 Å². The van der Waals surface area contributed by atoms with E-state index in [4.69, 9.17) is 28.5 Å². The quantitative estimate of drug-likeness (QED) is 0.845. The Hall–Kier alpha value is -1.69. The fourth-order valence-electron chi connectivity index (χ4n) is 1.57. The molecule has 2 nitrogen and oxygen atoms in total. The summed E-state index contributed by atoms with van der Waals surface area (Å²) in [4.78, 5) is 0. The van der Waals surface area contributed by atoms with Crippen molar-refractivity contribution in [3.63, 3.8) is 0 Å². The molecule has 4 heteroatoms. The Kier molecular flexibility index (Phi) is 3.76. The molecule has 0 aliphatic rings. The second-order valence-corrected chi connectivity index (χ2v) is 4.66. The second kappa shape index (κ2) is 5.30. The molecule has 2 rings (SSSR count). The molecule has 0 amide bonds. The van der Waals surface area contributed by atoms with Crippen LogP contribution in [-0.2, 0) is 0 Å². The SMILES string of the molecule is Cc1c(Cl)cccc1Nc1ccc(C#N)cc1Cl. The summed E-state index contributed by atoms with van der Waals surface area (Å²) in [5.74, 6) is 0. The second-order valence-electron chi connectivity index (χ2n) is 3.84. The number of hydrogen-bond donors (Lipinski definition) is 1. The highest BCUT2D eigenvalue weighted by molar-refractivity contribution is 6.33. The van der Waals surface area contributed by atoms with Crippen molar-refractivity contribution in [1.29, 1.82) is 5.26 Å². The maximum atomic E-state index is 8.78. The number of anilines is 2. The summed E-state index contributed by atoms with van der Waals surface area (Å²) in [7, 11) is 0. The molecular weight excluding hydrogens is 267 g/mol. The Morgan fingerprint density at radius 3 is 2.50 bits per heavy atom. The van der Waals surface area contributed by atoms with Crippen LogP contribution in [0.1, 0.15) is 11.1 Å². The predicted octanol–water partition coefficient (Wildman–Crippen LogP) is 4.92. The lowest BCUT2D eigenvalue weighted by Crippen LogP contribution is -1.94. The molecule has 0 aliphatic heterocycles. The van der Waals surface area contributed by atoms with E-state index in [1.54, 1.807) is 18.2 Å². The van der Waals surface area contributed by atoms with E-state index in [2.05, 4.69) is 5.32 Å². The molecular formula is C14H10Cl2N2. The van der Waals surface area contributed by atoms with Crippen LogP contribution in [0.25, 0.3) is 0 Å². The van der Waals surface area contributed by atoms with E-state index in [-0.39, 0.29) is 0 Å². The topological polar surface area (TPSA) is 35.8 Å². The molecule has 2 aromatic rings. The zero-order chi connectivity index (χ0) is 13.1. The third-order valence-corrected chi connectivity index (χ3v) is 3.36. The molecule has 2 aromatic carbocycles. The largest absolute Gasteiger partial charge is 0.354 e. The molecule has 0 bridgehead atoms. The number of rotatable bonds is 2. The summed E-state index contributed by atoms with van der Waals surface area (Å²) >= 11 is 12.2. The summed E-state index contributed by atoms with van der Waals surface area (Å²) < 4.78 is 0. The fourth-order valence-corrected chi connectivity index (χ4v) is 1.98. The summed E-state index contributed by atoms with van der Waals surface area (Å²) in [6.07, 6.45) is 0. The molecule has 0 unspecified atom stereocenters. The standard InChI is InChI=1S/C14H10Cl2N2/c1-9-11(15)3-2-4-13(9)18-14-6-5-10(8-17)7-12(14)16/h2-7,18H,1H3. The number of nitrogens with zero attached hydrogens (tertiary/aromatic N) is 1. The van der Waals surface area contributed by atoms with Crippen LogP contribution in [-0.4, -0.2) is 0 Å². The fraction of sp³-hybridized carbons (Fsp3) is 0.0714. The monoisotopic (exact) mass is 276 g/mol. The summed E-state index contributed by atoms with van der Waals surface area (Å²) in [5.41, 5.74) is 3.14. The van der Waals surface area contributed by atoms with Crippen LogP contribution in [0.5, 0.6) is 0 Å². The molecule has 0 saturated carbocycles. The summed E-state index contributed by atoms with van der Waals surface area (Å²) in [6, 6.07) is 12.8. The van der Waals surface area contributed by atoms with Gasteiger partial charge >= 0.3 is 0 Å². The molecule has 0 saturated heterocycles. The van der Waals surface area contributed by atoms with E-state index in [1.165, 1.54) is 0 Å². The van der Waals surface area contributed by atoms with Gasteiger partial charge < -0.3 is 5.32 Å². The third-order valence-electron chi connectivity index (χ3n) is 2.64. The van der Waals surface area contributed by atoms with Gasteiger partial charge in [-0.15, -0.1) is 0 Å². The molecule has 90 valence electrons. The molecule has 0 heterocycles. The highest BCUT2D eigenvalue weighted by Gasteiger charge is 2.05. The van der Waals surface area contributed by atoms with Gasteiger partial charge in [0.15, 0.2) is 0 Å². The van der Waals surface area contributed by atoms with Gasteiger partial charge in [0, 0.05) is 10.7 Å². The highest BCUT2D eigenvalue weighted by Crippen LogP contribution is 2.30. The van der Waals surface area contributed by atoms with Crippen molar-refractivity contribution in [3.05, 3.63) is 57.6 Å². The predicted molar refractivity (Wildman–Crippen MR) is 75.6 cm³/mol. The van der Waals surface area contributed by atoms with E-state index in [9.17, 15) is 0 Å². The van der Waals surface area contributed by atoms with Crippen molar-refractivity contribution < 1.29 is 0 Å². The van der Waals surface area contributed by atoms with Crippen LogP contribution in [0, 0.1) is 18.3 Å². The van der Waals surface area contributed by atoms with Gasteiger partial charge in [0.2, 0.25) is 0 Å². The first-order valence-corrected chi connectivity index (χ1v) is 6.09. The van der Waals surface area contributed by atoms with Gasteiger partial charge in [-0.2, -0.15) is 5.26 Å². The van der Waals surface area contributed by atoms with Gasteiger partial charge in [0.25, 0.3) is 0 Å². The average Bonchev–Trinajstić information content (AvgIpc) is 2.37. The number of benzene rings is 2. The van der Waals surface area contributed by atoms with Crippen LogP contribution in [0.3, 0.4) is 0 Å². The Balaban J connectivity index is 2.35. The zero-order valence-corrected chi connectivity index (χ0v) is 11.2. The van der Waals surface area contributed by atoms with Crippen LogP contribution in [0.2, 0.25) is 10.0 Å². The average molecular weight is 277 g/mol. The van der Waals surface area contributed by atoms with E-state index in [0.717, 1.165) is 16.9 Å². The first-order valence-electron chi connectivity index (χ1n) is 5.33. The smallest absolute Gasteiger partial charge is 0.0992 e. The molecule has 0 aliphatic carbocycles. The number of nitrogens with one attached hydrogen (secondary N) is 1. The number of nitriles is 1. The minimum absolute atomic E-state index is 0.508. The van der Waals surface area contributed by atoms with Gasteiger partial charge in [-0.1, -0.05) is 29.3 Å². The number of hydrogen-bond acceptors (Lipinski definition) is 2. The molecule has 1 N–H and O–H groups in total. The van der Waals surface area contributed by atoms with E-state index >= 15 is 0 Å². The minimum Gasteiger partial charge on any atom is -0.354 e. The van der Waals surface area contributed by atoms with Crippen molar-refractivity contribution in [2.45, 2.75) is 6.92 Å². The highest BCUT2D eigenvalue weighted by atomic mass is 35.5. The maximum absolute atomic E-state index is 8.78. The molecule has 18 heavy (non-hydrogen) atoms. The van der Waals surface area contributed by atoms with Crippen molar-refractivity contribution in [1.82, 2.24) is 0 Å². The van der Waals surface area contributed by atoms with Crippen molar-refractivity contribution in [3.8, 4) is 6.07 Å². The maximum Gasteiger partial charge on any atom is 0.0992 e. The minimum atomic E-state index is 0.508. The zero-order valence-electron chi connectivity index (χ0n) is 9.67. The third kappa shape index (κ3) is 2.59. The van der Waals surface area contributed by atoms with Gasteiger partial charge in [0.1, 0.15) is 0 Å². The Morgan fingerprint density at radius 1 is 1.06 bits per heavy atom. The molecule has 0 fully saturated rings. The lowest BCUT2D eigenvalue weighted by Gasteiger charge is -2.12. The van der Waals surface area contributed by atoms with Crippen molar-refractivity contribution >= 4 is 34.6 Å². The molecule has 0 spiro atoms. The van der Waals surface area contributed by atoms with Gasteiger partial charge in [-0.25, -0.2) is 0 Å². The van der Waals surface area contributed by atoms with Crippen LogP contribution < -0.4 is 5.32 Å². The Labute approximate surface area is 116 Å². The summed E-state index contributed by atoms with van der Waals surface area (Å²) in [6.45, 7) is 1.93. The van der Waals surface area contributed by atoms with Gasteiger partial charge in [0.05, 0.1) is 22.3 Å². The molecule has 0 atom stereocenters. The normalized spacial score (nSPS) is 9.89. The van der Waals surface area contributed by atoms with Crippen molar-refractivity contribution in [2.24, 2.45) is 0 Å². The lowest BCUT2D eigenvalue weighted by molar-refractivity contribution is 1.42. The van der Waals surface area contributed by atoms with Crippen LogP contribution in [0.4, 0.5) is 11.4 Å². The van der Waals surface area contributed by atoms with Crippen molar-refractivity contribution in [2.75, 3.05) is 5.32 Å². The van der Waals surface area contributed by atoms with E-state index in [1.807, 2.05) is 31.2 Å². The summed E-state index contributed by atoms with van der Waals surface area (Å²) in [5, 5.41) is 13.2. The van der Waals surface area contributed by atoms with Crippen LogP contribution in [0.15, 0.2) is 36.4 Å². The van der Waals surface area contributed by atoms with Gasteiger partial charge in [-0.3, -0.25) is 0 Å². The van der Waals surface area contributed by atoms with Gasteiger partial charge in [-0.05, 0) is 42.8 Å². The molecule has 0 aromatic heterocycles.